The van der Waals surface area contributed by atoms with Crippen molar-refractivity contribution >= 4 is 0 Å². The van der Waals surface area contributed by atoms with Crippen molar-refractivity contribution < 1.29 is 0 Å². The molecule has 0 fully saturated rings. The fraction of sp³-hybridized carbons (Fsp3) is 0.800. The number of hydrogen-bond donors (Lipinski definition) is 1. The molecule has 0 radical (unpaired) electrons. The standard InChI is InChI=1S/C10H21N/c1-5-9(3)7-10(6-2)8-11-4/h7,9,11H,5-6,8H2,1-4H3. The summed E-state index contributed by atoms with van der Waals surface area (Å²) in [5, 5.41) is 3.18. The summed E-state index contributed by atoms with van der Waals surface area (Å²) >= 11 is 0. The van der Waals surface area contributed by atoms with E-state index in [0.29, 0.717) is 0 Å². The number of nitrogens with one attached hydrogen (secondary N) is 1. The first-order valence-electron chi connectivity index (χ1n) is 4.58. The predicted molar refractivity (Wildman–Crippen MR) is 51.8 cm³/mol. The molecule has 0 aromatic rings. The van der Waals surface area contributed by atoms with E-state index in [1.807, 2.05) is 7.05 Å². The summed E-state index contributed by atoms with van der Waals surface area (Å²) in [4.78, 5) is 0. The van der Waals surface area contributed by atoms with Crippen LogP contribution in [0.2, 0.25) is 0 Å². The molecule has 0 aromatic heterocycles. The van der Waals surface area contributed by atoms with Gasteiger partial charge in [-0.15, -0.1) is 0 Å². The van der Waals surface area contributed by atoms with Crippen LogP contribution in [0.5, 0.6) is 0 Å². The van der Waals surface area contributed by atoms with Gasteiger partial charge in [0, 0.05) is 6.54 Å². The molecule has 0 saturated carbocycles. The normalized spacial score (nSPS) is 15.1. The van der Waals surface area contributed by atoms with Crippen LogP contribution in [0.25, 0.3) is 0 Å². The molecule has 0 aliphatic carbocycles. The maximum Gasteiger partial charge on any atom is 0.0161 e. The van der Waals surface area contributed by atoms with Crippen molar-refractivity contribution in [3.05, 3.63) is 11.6 Å². The Labute approximate surface area is 70.9 Å². The molecule has 1 unspecified atom stereocenters. The molecule has 0 saturated heterocycles. The van der Waals surface area contributed by atoms with E-state index in [4.69, 9.17) is 0 Å². The summed E-state index contributed by atoms with van der Waals surface area (Å²) in [5.41, 5.74) is 1.53. The lowest BCUT2D eigenvalue weighted by Gasteiger charge is -2.07. The van der Waals surface area contributed by atoms with Crippen molar-refractivity contribution in [2.75, 3.05) is 13.6 Å². The third-order valence-corrected chi connectivity index (χ3v) is 2.02. The zero-order chi connectivity index (χ0) is 8.69. The molecule has 11 heavy (non-hydrogen) atoms. The second-order valence-corrected chi connectivity index (χ2v) is 3.09. The Morgan fingerprint density at radius 2 is 2.09 bits per heavy atom. The lowest BCUT2D eigenvalue weighted by atomic mass is 10.0. The molecule has 0 aliphatic rings. The highest BCUT2D eigenvalue weighted by molar-refractivity contribution is 5.04. The molecule has 0 spiro atoms. The molecule has 0 heterocycles. The van der Waals surface area contributed by atoms with Gasteiger partial charge in [0.15, 0.2) is 0 Å². The van der Waals surface area contributed by atoms with E-state index in [-0.39, 0.29) is 0 Å². The van der Waals surface area contributed by atoms with Crippen LogP contribution >= 0.6 is 0 Å². The van der Waals surface area contributed by atoms with E-state index in [9.17, 15) is 0 Å². The smallest absolute Gasteiger partial charge is 0.0161 e. The van der Waals surface area contributed by atoms with Gasteiger partial charge in [0.1, 0.15) is 0 Å². The number of rotatable bonds is 5. The summed E-state index contributed by atoms with van der Waals surface area (Å²) in [6, 6.07) is 0. The van der Waals surface area contributed by atoms with Gasteiger partial charge < -0.3 is 5.32 Å². The zero-order valence-electron chi connectivity index (χ0n) is 8.28. The van der Waals surface area contributed by atoms with Crippen LogP contribution in [0.15, 0.2) is 11.6 Å². The van der Waals surface area contributed by atoms with Gasteiger partial charge in [0.25, 0.3) is 0 Å². The van der Waals surface area contributed by atoms with E-state index in [1.165, 1.54) is 18.4 Å². The van der Waals surface area contributed by atoms with E-state index < -0.39 is 0 Å². The second-order valence-electron chi connectivity index (χ2n) is 3.09. The Bertz CT molecular complexity index is 116. The summed E-state index contributed by atoms with van der Waals surface area (Å²) < 4.78 is 0. The van der Waals surface area contributed by atoms with Gasteiger partial charge >= 0.3 is 0 Å². The summed E-state index contributed by atoms with van der Waals surface area (Å²) in [6.07, 6.45) is 4.80. The third-order valence-electron chi connectivity index (χ3n) is 2.02. The first-order valence-corrected chi connectivity index (χ1v) is 4.58. The molecule has 0 aliphatic heterocycles. The van der Waals surface area contributed by atoms with Gasteiger partial charge in [-0.05, 0) is 19.4 Å². The molecular formula is C10H21N. The number of hydrogen-bond acceptors (Lipinski definition) is 1. The minimum atomic E-state index is 0.735. The van der Waals surface area contributed by atoms with Crippen molar-refractivity contribution in [1.29, 1.82) is 0 Å². The maximum atomic E-state index is 3.18. The fourth-order valence-corrected chi connectivity index (χ4v) is 1.05. The van der Waals surface area contributed by atoms with Gasteiger partial charge in [-0.1, -0.05) is 38.8 Å². The van der Waals surface area contributed by atoms with Crippen LogP contribution in [0.1, 0.15) is 33.6 Å². The summed E-state index contributed by atoms with van der Waals surface area (Å²) in [7, 11) is 2.00. The first-order chi connectivity index (χ1) is 5.24. The van der Waals surface area contributed by atoms with Gasteiger partial charge in [0.05, 0.1) is 0 Å². The lowest BCUT2D eigenvalue weighted by Crippen LogP contribution is -2.10. The molecule has 1 atom stereocenters. The minimum Gasteiger partial charge on any atom is -0.316 e. The Morgan fingerprint density at radius 3 is 2.45 bits per heavy atom. The van der Waals surface area contributed by atoms with E-state index in [1.54, 1.807) is 0 Å². The summed E-state index contributed by atoms with van der Waals surface area (Å²) in [6.45, 7) is 7.76. The second kappa shape index (κ2) is 6.41. The zero-order valence-corrected chi connectivity index (χ0v) is 8.28. The van der Waals surface area contributed by atoms with Gasteiger partial charge in [0.2, 0.25) is 0 Å². The topological polar surface area (TPSA) is 12.0 Å². The Morgan fingerprint density at radius 1 is 1.45 bits per heavy atom. The van der Waals surface area contributed by atoms with E-state index >= 15 is 0 Å². The maximum absolute atomic E-state index is 3.18. The highest BCUT2D eigenvalue weighted by atomic mass is 14.8. The summed E-state index contributed by atoms with van der Waals surface area (Å²) in [5.74, 6) is 0.735. The molecule has 1 N–H and O–H groups in total. The SMILES string of the molecule is CCC(=CC(C)CC)CNC. The molecule has 0 rings (SSSR count). The van der Waals surface area contributed by atoms with Crippen molar-refractivity contribution in [3.63, 3.8) is 0 Å². The van der Waals surface area contributed by atoms with E-state index in [2.05, 4.69) is 32.2 Å². The van der Waals surface area contributed by atoms with Crippen molar-refractivity contribution in [3.8, 4) is 0 Å². The molecule has 0 bridgehead atoms. The van der Waals surface area contributed by atoms with Gasteiger partial charge in [-0.2, -0.15) is 0 Å². The molecule has 1 nitrogen and oxygen atoms in total. The highest BCUT2D eigenvalue weighted by Crippen LogP contribution is 2.08. The lowest BCUT2D eigenvalue weighted by molar-refractivity contribution is 0.681. The molecule has 66 valence electrons. The minimum absolute atomic E-state index is 0.735. The van der Waals surface area contributed by atoms with Crippen LogP contribution in [0.4, 0.5) is 0 Å². The molecule has 1 heteroatoms. The van der Waals surface area contributed by atoms with Gasteiger partial charge in [-0.3, -0.25) is 0 Å². The average Bonchev–Trinajstić information content (AvgIpc) is 2.03. The number of likely N-dealkylation sites (N-methyl/N-ethyl adjacent to an activating group) is 1. The van der Waals surface area contributed by atoms with Crippen LogP contribution in [-0.2, 0) is 0 Å². The van der Waals surface area contributed by atoms with Gasteiger partial charge in [-0.25, -0.2) is 0 Å². The quantitative estimate of drug-likeness (QED) is 0.602. The highest BCUT2D eigenvalue weighted by Gasteiger charge is 1.96. The Hall–Kier alpha value is -0.300. The average molecular weight is 155 g/mol. The monoisotopic (exact) mass is 155 g/mol. The predicted octanol–water partition coefficient (Wildman–Crippen LogP) is 2.59. The van der Waals surface area contributed by atoms with Crippen LogP contribution in [-0.4, -0.2) is 13.6 Å². The van der Waals surface area contributed by atoms with Crippen molar-refractivity contribution in [1.82, 2.24) is 5.32 Å². The Balaban J connectivity index is 3.88. The largest absolute Gasteiger partial charge is 0.316 e. The first kappa shape index (κ1) is 10.7. The fourth-order valence-electron chi connectivity index (χ4n) is 1.05. The molecule has 0 amide bonds. The van der Waals surface area contributed by atoms with Crippen molar-refractivity contribution in [2.45, 2.75) is 33.6 Å². The van der Waals surface area contributed by atoms with E-state index in [0.717, 1.165) is 12.5 Å². The van der Waals surface area contributed by atoms with Crippen LogP contribution in [0.3, 0.4) is 0 Å². The molecule has 0 aromatic carbocycles. The van der Waals surface area contributed by atoms with Crippen LogP contribution in [0, 0.1) is 5.92 Å². The van der Waals surface area contributed by atoms with Crippen molar-refractivity contribution in [2.24, 2.45) is 5.92 Å². The van der Waals surface area contributed by atoms with Crippen LogP contribution < -0.4 is 5.32 Å². The Kier molecular flexibility index (Phi) is 6.24. The molecular weight excluding hydrogens is 134 g/mol. The number of allylic oxidation sites excluding steroid dienone is 1. The third kappa shape index (κ3) is 5.02.